The number of carbonyl (C=O) groups is 2. The average molecular weight is 431 g/mol. The summed E-state index contributed by atoms with van der Waals surface area (Å²) >= 11 is 0. The molecule has 1 aliphatic heterocycles. The summed E-state index contributed by atoms with van der Waals surface area (Å²) in [5, 5.41) is 11.1. The number of rotatable bonds is 6. The van der Waals surface area contributed by atoms with E-state index in [2.05, 4.69) is 21.6 Å². The van der Waals surface area contributed by atoms with Crippen LogP contribution in [0.1, 0.15) is 40.7 Å². The Morgan fingerprint density at radius 2 is 1.97 bits per heavy atom. The molecule has 8 nitrogen and oxygen atoms in total. The minimum Gasteiger partial charge on any atom is -0.467 e. The molecule has 8 heteroatoms. The molecule has 4 heterocycles. The summed E-state index contributed by atoms with van der Waals surface area (Å²) in [6.07, 6.45) is 5.23. The van der Waals surface area contributed by atoms with E-state index >= 15 is 0 Å². The van der Waals surface area contributed by atoms with Crippen LogP contribution < -0.4 is 5.32 Å². The lowest BCUT2D eigenvalue weighted by molar-refractivity contribution is -0.132. The standard InChI is InChI=1S/C24H25N5O3/c30-23(16-29-12-9-18-4-1-2-6-22(18)29)28-10-7-17(8-11-28)20-14-21(27-26-20)24(31)25-15-19-5-3-13-32-19/h1-6,9,12-14,17H,7-8,10-11,15-16H2,(H,25,31)(H,26,27). The number of hydrogen-bond acceptors (Lipinski definition) is 4. The third kappa shape index (κ3) is 4.16. The van der Waals surface area contributed by atoms with E-state index < -0.39 is 0 Å². The Morgan fingerprint density at radius 1 is 1.12 bits per heavy atom. The van der Waals surface area contributed by atoms with E-state index in [9.17, 15) is 9.59 Å². The molecule has 2 N–H and O–H groups in total. The fourth-order valence-corrected chi connectivity index (χ4v) is 4.30. The highest BCUT2D eigenvalue weighted by Gasteiger charge is 2.26. The summed E-state index contributed by atoms with van der Waals surface area (Å²) in [6, 6.07) is 15.5. The van der Waals surface area contributed by atoms with Crippen molar-refractivity contribution in [3.8, 4) is 0 Å². The lowest BCUT2D eigenvalue weighted by Gasteiger charge is -2.31. The van der Waals surface area contributed by atoms with Crippen LogP contribution in [-0.4, -0.2) is 44.6 Å². The second-order valence-corrected chi connectivity index (χ2v) is 8.13. The molecule has 1 aliphatic rings. The molecule has 5 rings (SSSR count). The number of para-hydroxylation sites is 1. The predicted molar refractivity (Wildman–Crippen MR) is 119 cm³/mol. The molecule has 0 spiro atoms. The van der Waals surface area contributed by atoms with Crippen molar-refractivity contribution in [1.82, 2.24) is 25.0 Å². The Balaban J connectivity index is 1.14. The van der Waals surface area contributed by atoms with Crippen molar-refractivity contribution in [3.63, 3.8) is 0 Å². The number of nitrogens with one attached hydrogen (secondary N) is 2. The third-order valence-corrected chi connectivity index (χ3v) is 6.11. The second kappa shape index (κ2) is 8.74. The maximum Gasteiger partial charge on any atom is 0.272 e. The Hall–Kier alpha value is -3.81. The van der Waals surface area contributed by atoms with Gasteiger partial charge in [0.1, 0.15) is 18.0 Å². The molecule has 0 aliphatic carbocycles. The first-order valence-corrected chi connectivity index (χ1v) is 10.8. The minimum atomic E-state index is -0.240. The largest absolute Gasteiger partial charge is 0.467 e. The van der Waals surface area contributed by atoms with Crippen LogP contribution in [0.5, 0.6) is 0 Å². The summed E-state index contributed by atoms with van der Waals surface area (Å²) < 4.78 is 7.23. The van der Waals surface area contributed by atoms with Gasteiger partial charge in [-0.2, -0.15) is 5.10 Å². The van der Waals surface area contributed by atoms with E-state index in [1.54, 1.807) is 12.3 Å². The van der Waals surface area contributed by atoms with Crippen molar-refractivity contribution < 1.29 is 14.0 Å². The molecule has 4 aromatic rings. The molecule has 1 aromatic carbocycles. The SMILES string of the molecule is O=C(NCc1ccco1)c1cc(C2CCN(C(=O)Cn3ccc4ccccc43)CC2)[nH]n1. The van der Waals surface area contributed by atoms with Gasteiger partial charge in [0.15, 0.2) is 0 Å². The van der Waals surface area contributed by atoms with Crippen LogP contribution in [0.25, 0.3) is 10.9 Å². The number of likely N-dealkylation sites (tertiary alicyclic amines) is 1. The van der Waals surface area contributed by atoms with E-state index in [0.717, 1.165) is 29.4 Å². The van der Waals surface area contributed by atoms with Gasteiger partial charge in [0.05, 0.1) is 12.8 Å². The summed E-state index contributed by atoms with van der Waals surface area (Å²) in [4.78, 5) is 27.1. The first kappa shape index (κ1) is 20.1. The van der Waals surface area contributed by atoms with Gasteiger partial charge >= 0.3 is 0 Å². The lowest BCUT2D eigenvalue weighted by Crippen LogP contribution is -2.39. The number of H-pyrrole nitrogens is 1. The first-order valence-electron chi connectivity index (χ1n) is 10.8. The Kier molecular flexibility index (Phi) is 5.49. The van der Waals surface area contributed by atoms with Gasteiger partial charge in [-0.1, -0.05) is 18.2 Å². The van der Waals surface area contributed by atoms with E-state index in [1.165, 1.54) is 0 Å². The highest BCUT2D eigenvalue weighted by Crippen LogP contribution is 2.27. The molecule has 2 amide bonds. The van der Waals surface area contributed by atoms with Crippen molar-refractivity contribution in [2.24, 2.45) is 0 Å². The maximum absolute atomic E-state index is 12.8. The van der Waals surface area contributed by atoms with Crippen LogP contribution in [0.15, 0.2) is 65.4 Å². The van der Waals surface area contributed by atoms with Crippen molar-refractivity contribution in [2.45, 2.75) is 31.8 Å². The van der Waals surface area contributed by atoms with Gasteiger partial charge in [-0.15, -0.1) is 0 Å². The minimum absolute atomic E-state index is 0.132. The van der Waals surface area contributed by atoms with Gasteiger partial charge < -0.3 is 19.2 Å². The van der Waals surface area contributed by atoms with Crippen LogP contribution in [0.4, 0.5) is 0 Å². The molecule has 1 fully saturated rings. The Labute approximate surface area is 185 Å². The van der Waals surface area contributed by atoms with Crippen LogP contribution in [0.3, 0.4) is 0 Å². The number of piperidine rings is 1. The first-order chi connectivity index (χ1) is 15.7. The van der Waals surface area contributed by atoms with Gasteiger partial charge in [0, 0.05) is 36.4 Å². The van der Waals surface area contributed by atoms with Gasteiger partial charge in [-0.3, -0.25) is 14.7 Å². The zero-order valence-corrected chi connectivity index (χ0v) is 17.7. The maximum atomic E-state index is 12.8. The molecular weight excluding hydrogens is 406 g/mol. The number of amides is 2. The molecule has 0 radical (unpaired) electrons. The average Bonchev–Trinajstić information content (AvgIpc) is 3.59. The number of fused-ring (bicyclic) bond motifs is 1. The highest BCUT2D eigenvalue weighted by atomic mass is 16.3. The van der Waals surface area contributed by atoms with Gasteiger partial charge in [0.25, 0.3) is 5.91 Å². The number of aromatic nitrogens is 3. The fraction of sp³-hybridized carbons (Fsp3) is 0.292. The van der Waals surface area contributed by atoms with Crippen LogP contribution in [-0.2, 0) is 17.9 Å². The van der Waals surface area contributed by atoms with Gasteiger partial charge in [-0.05, 0) is 48.6 Å². The number of nitrogens with zero attached hydrogens (tertiary/aromatic N) is 3. The number of benzene rings is 1. The number of aromatic amines is 1. The number of hydrogen-bond donors (Lipinski definition) is 2. The van der Waals surface area contributed by atoms with E-state index in [1.807, 2.05) is 52.1 Å². The van der Waals surface area contributed by atoms with Crippen molar-refractivity contribution >= 4 is 22.7 Å². The smallest absolute Gasteiger partial charge is 0.272 e. The highest BCUT2D eigenvalue weighted by molar-refractivity contribution is 5.92. The van der Waals surface area contributed by atoms with Gasteiger partial charge in [-0.25, -0.2) is 0 Å². The monoisotopic (exact) mass is 431 g/mol. The molecule has 1 saturated heterocycles. The van der Waals surface area contributed by atoms with Crippen molar-refractivity contribution in [2.75, 3.05) is 13.1 Å². The van der Waals surface area contributed by atoms with Crippen LogP contribution >= 0.6 is 0 Å². The zero-order chi connectivity index (χ0) is 21.9. The number of carbonyl (C=O) groups excluding carboxylic acids is 2. The molecule has 32 heavy (non-hydrogen) atoms. The van der Waals surface area contributed by atoms with E-state index in [0.29, 0.717) is 37.6 Å². The summed E-state index contributed by atoms with van der Waals surface area (Å²) in [5.41, 5.74) is 2.38. The quantitative estimate of drug-likeness (QED) is 0.490. The zero-order valence-electron chi connectivity index (χ0n) is 17.7. The lowest BCUT2D eigenvalue weighted by atomic mass is 9.93. The molecule has 0 atom stereocenters. The van der Waals surface area contributed by atoms with Crippen molar-refractivity contribution in [1.29, 1.82) is 0 Å². The Bertz CT molecular complexity index is 1220. The second-order valence-electron chi connectivity index (χ2n) is 8.13. The normalized spacial score (nSPS) is 14.7. The van der Waals surface area contributed by atoms with Crippen LogP contribution in [0.2, 0.25) is 0 Å². The number of furan rings is 1. The fourth-order valence-electron chi connectivity index (χ4n) is 4.30. The molecule has 0 bridgehead atoms. The molecular formula is C24H25N5O3. The summed E-state index contributed by atoms with van der Waals surface area (Å²) in [5.74, 6) is 0.840. The van der Waals surface area contributed by atoms with Crippen LogP contribution in [0, 0.1) is 0 Å². The molecule has 164 valence electrons. The summed E-state index contributed by atoms with van der Waals surface area (Å²) in [7, 11) is 0. The van der Waals surface area contributed by atoms with Gasteiger partial charge in [0.2, 0.25) is 5.91 Å². The predicted octanol–water partition coefficient (Wildman–Crippen LogP) is 3.29. The molecule has 0 saturated carbocycles. The summed E-state index contributed by atoms with van der Waals surface area (Å²) in [6.45, 7) is 2.07. The molecule has 0 unspecified atom stereocenters. The third-order valence-electron chi connectivity index (χ3n) is 6.11. The van der Waals surface area contributed by atoms with Crippen molar-refractivity contribution in [3.05, 3.63) is 78.1 Å². The van der Waals surface area contributed by atoms with E-state index in [4.69, 9.17) is 4.42 Å². The molecule has 3 aromatic heterocycles. The van der Waals surface area contributed by atoms with E-state index in [-0.39, 0.29) is 17.7 Å². The Morgan fingerprint density at radius 3 is 2.78 bits per heavy atom. The topological polar surface area (TPSA) is 96.2 Å².